The zero-order chi connectivity index (χ0) is 14.6. The molecule has 1 heterocycles. The van der Waals surface area contributed by atoms with Crippen LogP contribution in [-0.2, 0) is 4.74 Å². The number of carbonyl (C=O) groups excluding carboxylic acids is 1. The van der Waals surface area contributed by atoms with E-state index in [0.717, 1.165) is 6.42 Å². The highest BCUT2D eigenvalue weighted by molar-refractivity contribution is 6.33. The fourth-order valence-corrected chi connectivity index (χ4v) is 1.49. The second kappa shape index (κ2) is 6.33. The molecule has 19 heavy (non-hydrogen) atoms. The smallest absolute Gasteiger partial charge is 0.358 e. The maximum atomic E-state index is 11.9. The number of rotatable bonds is 4. The summed E-state index contributed by atoms with van der Waals surface area (Å²) in [5.74, 6) is 0.240. The maximum absolute atomic E-state index is 11.9. The summed E-state index contributed by atoms with van der Waals surface area (Å²) in [7, 11) is 0. The van der Waals surface area contributed by atoms with Gasteiger partial charge in [-0.05, 0) is 11.8 Å². The number of hydrogen-bond acceptors (Lipinski definition) is 4. The second-order valence-electron chi connectivity index (χ2n) is 6.03. The van der Waals surface area contributed by atoms with Crippen LogP contribution in [0.2, 0.25) is 5.02 Å². The molecule has 1 aromatic rings. The molecular formula is C14H21ClN2O2. The lowest BCUT2D eigenvalue weighted by Gasteiger charge is -2.17. The SMILES string of the molecule is CC(C)c1ncc(Cl)c(C(=O)OCCC(C)(C)C)n1. The van der Waals surface area contributed by atoms with Crippen LogP contribution in [0, 0.1) is 5.41 Å². The minimum Gasteiger partial charge on any atom is -0.461 e. The fraction of sp³-hybridized carbons (Fsp3) is 0.643. The van der Waals surface area contributed by atoms with Gasteiger partial charge >= 0.3 is 5.97 Å². The van der Waals surface area contributed by atoms with Gasteiger partial charge in [0.2, 0.25) is 0 Å². The number of ether oxygens (including phenoxy) is 1. The zero-order valence-corrected chi connectivity index (χ0v) is 12.9. The van der Waals surface area contributed by atoms with E-state index >= 15 is 0 Å². The maximum Gasteiger partial charge on any atom is 0.358 e. The third kappa shape index (κ3) is 5.15. The predicted octanol–water partition coefficient (Wildman–Crippen LogP) is 3.85. The molecule has 0 fully saturated rings. The van der Waals surface area contributed by atoms with Gasteiger partial charge in [-0.15, -0.1) is 0 Å². The average Bonchev–Trinajstić information content (AvgIpc) is 2.27. The van der Waals surface area contributed by atoms with Crippen molar-refractivity contribution in [2.24, 2.45) is 5.41 Å². The molecule has 106 valence electrons. The Balaban J connectivity index is 2.74. The van der Waals surface area contributed by atoms with E-state index in [1.165, 1.54) is 6.20 Å². The highest BCUT2D eigenvalue weighted by atomic mass is 35.5. The molecule has 0 bridgehead atoms. The lowest BCUT2D eigenvalue weighted by atomic mass is 9.93. The molecule has 4 nitrogen and oxygen atoms in total. The molecule has 0 radical (unpaired) electrons. The van der Waals surface area contributed by atoms with Crippen molar-refractivity contribution in [3.63, 3.8) is 0 Å². The molecule has 0 N–H and O–H groups in total. The number of esters is 1. The number of carbonyl (C=O) groups is 1. The van der Waals surface area contributed by atoms with Gasteiger partial charge < -0.3 is 4.74 Å². The summed E-state index contributed by atoms with van der Waals surface area (Å²) < 4.78 is 5.21. The first-order chi connectivity index (χ1) is 8.70. The van der Waals surface area contributed by atoms with Crippen molar-refractivity contribution < 1.29 is 9.53 Å². The highest BCUT2D eigenvalue weighted by Gasteiger charge is 2.18. The highest BCUT2D eigenvalue weighted by Crippen LogP contribution is 2.20. The molecule has 0 saturated heterocycles. The van der Waals surface area contributed by atoms with Crippen LogP contribution >= 0.6 is 11.6 Å². The third-order valence-electron chi connectivity index (χ3n) is 2.56. The van der Waals surface area contributed by atoms with E-state index in [9.17, 15) is 4.79 Å². The minimum absolute atomic E-state index is 0.124. The second-order valence-corrected chi connectivity index (χ2v) is 6.43. The Morgan fingerprint density at radius 2 is 2.05 bits per heavy atom. The van der Waals surface area contributed by atoms with Gasteiger partial charge in [-0.25, -0.2) is 14.8 Å². The van der Waals surface area contributed by atoms with E-state index in [1.807, 2.05) is 13.8 Å². The van der Waals surface area contributed by atoms with Crippen LogP contribution in [0.5, 0.6) is 0 Å². The summed E-state index contributed by atoms with van der Waals surface area (Å²) in [6.45, 7) is 10.6. The van der Waals surface area contributed by atoms with Crippen LogP contribution in [0.1, 0.15) is 63.3 Å². The molecule has 1 rings (SSSR count). The first-order valence-electron chi connectivity index (χ1n) is 6.40. The van der Waals surface area contributed by atoms with Gasteiger partial charge in [0.15, 0.2) is 5.69 Å². The Morgan fingerprint density at radius 3 is 2.58 bits per heavy atom. The first-order valence-corrected chi connectivity index (χ1v) is 6.78. The van der Waals surface area contributed by atoms with Gasteiger partial charge in [0.25, 0.3) is 0 Å². The molecule has 0 saturated carbocycles. The largest absolute Gasteiger partial charge is 0.461 e. The monoisotopic (exact) mass is 284 g/mol. The third-order valence-corrected chi connectivity index (χ3v) is 2.83. The van der Waals surface area contributed by atoms with Crippen molar-refractivity contribution in [1.82, 2.24) is 9.97 Å². The van der Waals surface area contributed by atoms with E-state index in [-0.39, 0.29) is 22.0 Å². The lowest BCUT2D eigenvalue weighted by molar-refractivity contribution is 0.0457. The van der Waals surface area contributed by atoms with Crippen molar-refractivity contribution >= 4 is 17.6 Å². The Bertz CT molecular complexity index is 453. The van der Waals surface area contributed by atoms with E-state index in [0.29, 0.717) is 12.4 Å². The van der Waals surface area contributed by atoms with Crippen LogP contribution in [0.25, 0.3) is 0 Å². The number of halogens is 1. The Kier molecular flexibility index (Phi) is 5.29. The van der Waals surface area contributed by atoms with Crippen LogP contribution in [0.15, 0.2) is 6.20 Å². The van der Waals surface area contributed by atoms with Gasteiger partial charge in [-0.2, -0.15) is 0 Å². The van der Waals surface area contributed by atoms with E-state index < -0.39 is 5.97 Å². The number of aromatic nitrogens is 2. The Labute approximate surface area is 119 Å². The predicted molar refractivity (Wildman–Crippen MR) is 75.5 cm³/mol. The van der Waals surface area contributed by atoms with E-state index in [2.05, 4.69) is 30.7 Å². The average molecular weight is 285 g/mol. The summed E-state index contributed by atoms with van der Waals surface area (Å²) in [5.41, 5.74) is 0.271. The van der Waals surface area contributed by atoms with Crippen molar-refractivity contribution in [3.05, 3.63) is 22.7 Å². The van der Waals surface area contributed by atoms with Crippen molar-refractivity contribution in [2.75, 3.05) is 6.61 Å². The van der Waals surface area contributed by atoms with Crippen LogP contribution < -0.4 is 0 Å². The molecule has 0 atom stereocenters. The standard InChI is InChI=1S/C14H21ClN2O2/c1-9(2)12-16-8-10(15)11(17-12)13(18)19-7-6-14(3,4)5/h8-9H,6-7H2,1-5H3. The number of hydrogen-bond donors (Lipinski definition) is 0. The topological polar surface area (TPSA) is 52.1 Å². The first kappa shape index (κ1) is 15.9. The van der Waals surface area contributed by atoms with Crippen LogP contribution in [0.3, 0.4) is 0 Å². The molecule has 0 aliphatic heterocycles. The molecule has 0 spiro atoms. The van der Waals surface area contributed by atoms with Crippen LogP contribution in [0.4, 0.5) is 0 Å². The van der Waals surface area contributed by atoms with Gasteiger partial charge in [0, 0.05) is 5.92 Å². The van der Waals surface area contributed by atoms with Gasteiger partial charge in [0.1, 0.15) is 5.82 Å². The quantitative estimate of drug-likeness (QED) is 0.788. The van der Waals surface area contributed by atoms with Crippen molar-refractivity contribution in [2.45, 2.75) is 47.0 Å². The summed E-state index contributed by atoms with van der Waals surface area (Å²) in [5, 5.41) is 0.227. The van der Waals surface area contributed by atoms with E-state index in [1.54, 1.807) is 0 Å². The number of nitrogens with zero attached hydrogens (tertiary/aromatic N) is 2. The van der Waals surface area contributed by atoms with Crippen molar-refractivity contribution in [1.29, 1.82) is 0 Å². The zero-order valence-electron chi connectivity index (χ0n) is 12.2. The van der Waals surface area contributed by atoms with Crippen LogP contribution in [-0.4, -0.2) is 22.5 Å². The summed E-state index contributed by atoms with van der Waals surface area (Å²) >= 11 is 5.94. The summed E-state index contributed by atoms with van der Waals surface area (Å²) in [4.78, 5) is 20.2. The molecule has 0 aromatic carbocycles. The molecule has 0 amide bonds. The molecule has 0 aliphatic rings. The fourth-order valence-electron chi connectivity index (χ4n) is 1.32. The van der Waals surface area contributed by atoms with Gasteiger partial charge in [0.05, 0.1) is 17.8 Å². The van der Waals surface area contributed by atoms with Crippen molar-refractivity contribution in [3.8, 4) is 0 Å². The molecular weight excluding hydrogens is 264 g/mol. The molecule has 0 unspecified atom stereocenters. The molecule has 0 aliphatic carbocycles. The molecule has 1 aromatic heterocycles. The van der Waals surface area contributed by atoms with E-state index in [4.69, 9.17) is 16.3 Å². The normalized spacial score (nSPS) is 11.7. The Hall–Kier alpha value is -1.16. The summed E-state index contributed by atoms with van der Waals surface area (Å²) in [6.07, 6.45) is 2.24. The van der Waals surface area contributed by atoms with Gasteiger partial charge in [-0.3, -0.25) is 0 Å². The Morgan fingerprint density at radius 1 is 1.42 bits per heavy atom. The summed E-state index contributed by atoms with van der Waals surface area (Å²) in [6, 6.07) is 0. The molecule has 5 heteroatoms. The van der Waals surface area contributed by atoms with Gasteiger partial charge in [-0.1, -0.05) is 46.2 Å². The lowest BCUT2D eigenvalue weighted by Crippen LogP contribution is -2.15. The minimum atomic E-state index is -0.487.